The molecule has 0 amide bonds. The first-order valence-electron chi connectivity index (χ1n) is 14.0. The van der Waals surface area contributed by atoms with Crippen LogP contribution in [0.25, 0.3) is 11.1 Å². The van der Waals surface area contributed by atoms with E-state index in [1.54, 1.807) is 6.07 Å². The summed E-state index contributed by atoms with van der Waals surface area (Å²) in [4.78, 5) is 16.5. The number of carbonyl (C=O) groups excluding carboxylic acids is 1. The molecule has 0 saturated heterocycles. The monoisotopic (exact) mass is 559 g/mol. The Balaban J connectivity index is 1.38. The maximum Gasteiger partial charge on any atom is 0.343 e. The molecule has 4 rings (SSSR count). The topological polar surface area (TPSA) is 38.8 Å². The van der Waals surface area contributed by atoms with E-state index in [9.17, 15) is 4.79 Å². The SMILES string of the molecule is CCCCCC[C@H](C)N1C(=S)c2ccc(C(=O)Oc3ccc(-c4ccc(OCCCC)cc4)cc3)cc2C1=S. The lowest BCUT2D eigenvalue weighted by atomic mass is 10.1. The highest BCUT2D eigenvalue weighted by Crippen LogP contribution is 2.30. The first kappa shape index (κ1) is 28.9. The number of esters is 1. The van der Waals surface area contributed by atoms with E-state index >= 15 is 0 Å². The van der Waals surface area contributed by atoms with Gasteiger partial charge in [-0.1, -0.05) is 101 Å². The molecule has 1 aliphatic rings. The first-order valence-corrected chi connectivity index (χ1v) is 14.8. The number of hydrogen-bond donors (Lipinski definition) is 0. The fraction of sp³-hybridized carbons (Fsp3) is 0.364. The van der Waals surface area contributed by atoms with Gasteiger partial charge in [-0.2, -0.15) is 0 Å². The summed E-state index contributed by atoms with van der Waals surface area (Å²) in [6.07, 6.45) is 8.03. The summed E-state index contributed by atoms with van der Waals surface area (Å²) in [5, 5.41) is 0. The molecule has 1 aliphatic heterocycles. The van der Waals surface area contributed by atoms with Crippen LogP contribution >= 0.6 is 24.4 Å². The molecule has 1 heterocycles. The Kier molecular flexibility index (Phi) is 10.2. The summed E-state index contributed by atoms with van der Waals surface area (Å²) in [5.74, 6) is 0.944. The molecule has 0 spiro atoms. The number of nitrogens with zero attached hydrogens (tertiary/aromatic N) is 1. The van der Waals surface area contributed by atoms with Crippen LogP contribution in [0.15, 0.2) is 66.7 Å². The van der Waals surface area contributed by atoms with Crippen molar-refractivity contribution >= 4 is 40.4 Å². The summed E-state index contributed by atoms with van der Waals surface area (Å²) in [5.41, 5.74) is 4.32. The molecule has 6 heteroatoms. The van der Waals surface area contributed by atoms with Crippen LogP contribution < -0.4 is 9.47 Å². The van der Waals surface area contributed by atoms with Gasteiger partial charge in [0.25, 0.3) is 0 Å². The summed E-state index contributed by atoms with van der Waals surface area (Å²) in [6, 6.07) is 21.3. The molecule has 1 atom stereocenters. The fourth-order valence-electron chi connectivity index (χ4n) is 4.74. The van der Waals surface area contributed by atoms with Gasteiger partial charge in [-0.3, -0.25) is 0 Å². The average Bonchev–Trinajstić information content (AvgIpc) is 3.21. The molecular formula is C33H37NO3S2. The number of thiocarbonyl (C=S) groups is 2. The third-order valence-corrected chi connectivity index (χ3v) is 7.92. The lowest BCUT2D eigenvalue weighted by molar-refractivity contribution is 0.0734. The smallest absolute Gasteiger partial charge is 0.343 e. The van der Waals surface area contributed by atoms with Crippen molar-refractivity contribution in [2.24, 2.45) is 0 Å². The van der Waals surface area contributed by atoms with E-state index in [-0.39, 0.29) is 6.04 Å². The average molecular weight is 560 g/mol. The third kappa shape index (κ3) is 7.11. The van der Waals surface area contributed by atoms with Crippen molar-refractivity contribution in [3.8, 4) is 22.6 Å². The molecule has 204 valence electrons. The summed E-state index contributed by atoms with van der Waals surface area (Å²) < 4.78 is 11.4. The zero-order chi connectivity index (χ0) is 27.8. The summed E-state index contributed by atoms with van der Waals surface area (Å²) in [6.45, 7) is 7.27. The van der Waals surface area contributed by atoms with Gasteiger partial charge in [0.2, 0.25) is 0 Å². The van der Waals surface area contributed by atoms with Crippen molar-refractivity contribution in [2.45, 2.75) is 71.8 Å². The molecule has 0 aromatic heterocycles. The van der Waals surface area contributed by atoms with Crippen molar-refractivity contribution in [2.75, 3.05) is 6.61 Å². The lowest BCUT2D eigenvalue weighted by Gasteiger charge is -2.26. The van der Waals surface area contributed by atoms with E-state index in [0.717, 1.165) is 65.3 Å². The first-order chi connectivity index (χ1) is 18.9. The molecule has 0 radical (unpaired) electrons. The Morgan fingerprint density at radius 3 is 2.03 bits per heavy atom. The lowest BCUT2D eigenvalue weighted by Crippen LogP contribution is -2.36. The van der Waals surface area contributed by atoms with Crippen LogP contribution in [0.5, 0.6) is 11.5 Å². The fourth-order valence-corrected chi connectivity index (χ4v) is 5.69. The normalized spacial score (nSPS) is 13.4. The van der Waals surface area contributed by atoms with Gasteiger partial charge in [-0.05, 0) is 67.3 Å². The summed E-state index contributed by atoms with van der Waals surface area (Å²) >= 11 is 11.6. The van der Waals surface area contributed by atoms with Gasteiger partial charge in [0.15, 0.2) is 0 Å². The highest BCUT2D eigenvalue weighted by molar-refractivity contribution is 7.82. The van der Waals surface area contributed by atoms with Crippen LogP contribution in [-0.4, -0.2) is 33.5 Å². The molecule has 0 fully saturated rings. The molecule has 3 aromatic carbocycles. The number of unbranched alkanes of at least 4 members (excludes halogenated alkanes) is 4. The molecule has 3 aromatic rings. The maximum absolute atomic E-state index is 13.0. The van der Waals surface area contributed by atoms with Gasteiger partial charge in [-0.25, -0.2) is 4.79 Å². The van der Waals surface area contributed by atoms with Gasteiger partial charge in [0.05, 0.1) is 12.2 Å². The van der Waals surface area contributed by atoms with Crippen LogP contribution in [0.4, 0.5) is 0 Å². The standard InChI is InChI=1S/C33H37NO3S2/c1-4-6-8-9-10-23(3)34-31(38)29-20-15-26(22-30(29)32(34)39)33(35)37-28-18-13-25(14-19-28)24-11-16-27(17-12-24)36-21-7-5-2/h11-20,22-23H,4-10,21H2,1-3H3/t23-/m0/s1. The van der Waals surface area contributed by atoms with E-state index in [1.807, 2.05) is 60.7 Å². The van der Waals surface area contributed by atoms with E-state index in [1.165, 1.54) is 19.3 Å². The second-order valence-corrected chi connectivity index (χ2v) is 10.9. The molecule has 39 heavy (non-hydrogen) atoms. The van der Waals surface area contributed by atoms with Gasteiger partial charge >= 0.3 is 5.97 Å². The van der Waals surface area contributed by atoms with Crippen molar-refractivity contribution in [1.82, 2.24) is 4.90 Å². The zero-order valence-electron chi connectivity index (χ0n) is 23.1. The number of benzene rings is 3. The second-order valence-electron chi connectivity index (χ2n) is 10.1. The molecule has 0 N–H and O–H groups in total. The van der Waals surface area contributed by atoms with Gasteiger partial charge < -0.3 is 14.4 Å². The van der Waals surface area contributed by atoms with Crippen molar-refractivity contribution in [3.05, 3.63) is 83.4 Å². The number of fused-ring (bicyclic) bond motifs is 1. The largest absolute Gasteiger partial charge is 0.494 e. The molecule has 0 saturated carbocycles. The van der Waals surface area contributed by atoms with Gasteiger partial charge in [0.1, 0.15) is 21.5 Å². The van der Waals surface area contributed by atoms with Crippen LogP contribution in [0.2, 0.25) is 0 Å². The van der Waals surface area contributed by atoms with Gasteiger partial charge in [0, 0.05) is 17.2 Å². The molecule has 0 bridgehead atoms. The number of hydrogen-bond acceptors (Lipinski definition) is 5. The Morgan fingerprint density at radius 1 is 0.769 bits per heavy atom. The second kappa shape index (κ2) is 13.8. The predicted octanol–water partition coefficient (Wildman–Crippen LogP) is 8.78. The van der Waals surface area contributed by atoms with Crippen molar-refractivity contribution in [3.63, 3.8) is 0 Å². The quantitative estimate of drug-likeness (QED) is 0.0902. The highest BCUT2D eigenvalue weighted by Gasteiger charge is 2.33. The summed E-state index contributed by atoms with van der Waals surface area (Å²) in [7, 11) is 0. The Bertz CT molecular complexity index is 1300. The number of rotatable bonds is 13. The van der Waals surface area contributed by atoms with E-state index in [4.69, 9.17) is 33.9 Å². The number of carbonyl (C=O) groups is 1. The van der Waals surface area contributed by atoms with Crippen molar-refractivity contribution in [1.29, 1.82) is 0 Å². The van der Waals surface area contributed by atoms with Crippen LogP contribution in [0.1, 0.15) is 87.2 Å². The van der Waals surface area contributed by atoms with E-state index in [0.29, 0.717) is 16.3 Å². The zero-order valence-corrected chi connectivity index (χ0v) is 24.7. The van der Waals surface area contributed by atoms with E-state index in [2.05, 4.69) is 25.7 Å². The molecule has 0 unspecified atom stereocenters. The molecule has 0 aliphatic carbocycles. The van der Waals surface area contributed by atoms with Gasteiger partial charge in [-0.15, -0.1) is 0 Å². The minimum atomic E-state index is -0.418. The number of ether oxygens (including phenoxy) is 2. The van der Waals surface area contributed by atoms with Crippen LogP contribution in [0, 0.1) is 0 Å². The highest BCUT2D eigenvalue weighted by atomic mass is 32.1. The minimum absolute atomic E-state index is 0.230. The predicted molar refractivity (Wildman–Crippen MR) is 167 cm³/mol. The molecular weight excluding hydrogens is 523 g/mol. The van der Waals surface area contributed by atoms with Crippen LogP contribution in [0.3, 0.4) is 0 Å². The maximum atomic E-state index is 13.0. The minimum Gasteiger partial charge on any atom is -0.494 e. The van der Waals surface area contributed by atoms with Crippen molar-refractivity contribution < 1.29 is 14.3 Å². The third-order valence-electron chi connectivity index (χ3n) is 7.09. The Hall–Kier alpha value is -3.09. The molecule has 4 nitrogen and oxygen atoms in total. The Labute approximate surface area is 243 Å². The Morgan fingerprint density at radius 2 is 1.38 bits per heavy atom. The van der Waals surface area contributed by atoms with Crippen LogP contribution in [-0.2, 0) is 0 Å². The van der Waals surface area contributed by atoms with E-state index < -0.39 is 5.97 Å².